The summed E-state index contributed by atoms with van der Waals surface area (Å²) >= 11 is 12.5. The van der Waals surface area contributed by atoms with Crippen LogP contribution in [0.4, 0.5) is 10.3 Å². The molecule has 2 aliphatic heterocycles. The van der Waals surface area contributed by atoms with Crippen molar-refractivity contribution in [3.8, 4) is 5.75 Å². The largest absolute Gasteiger partial charge is 0.480 e. The fraction of sp³-hybridized carbons (Fsp3) is 0.0833. The van der Waals surface area contributed by atoms with Gasteiger partial charge in [0, 0.05) is 21.2 Å². The maximum Gasteiger partial charge on any atom is 0.226 e. The van der Waals surface area contributed by atoms with Crippen LogP contribution in [0.3, 0.4) is 0 Å². The average molecular weight is 465 g/mol. The number of benzene rings is 3. The van der Waals surface area contributed by atoms with Crippen LogP contribution in [-0.2, 0) is 0 Å². The van der Waals surface area contributed by atoms with Crippen LogP contribution in [0.15, 0.2) is 78.6 Å². The van der Waals surface area contributed by atoms with Crippen molar-refractivity contribution < 1.29 is 9.13 Å². The third kappa shape index (κ3) is 3.06. The highest BCUT2D eigenvalue weighted by molar-refractivity contribution is 6.31. The van der Waals surface area contributed by atoms with Crippen LogP contribution in [-0.4, -0.2) is 14.8 Å². The molecule has 6 rings (SSSR count). The lowest BCUT2D eigenvalue weighted by Gasteiger charge is -2.39. The summed E-state index contributed by atoms with van der Waals surface area (Å²) in [5.74, 6) is 0.981. The quantitative estimate of drug-likeness (QED) is 0.379. The molecule has 0 aliphatic carbocycles. The monoisotopic (exact) mass is 464 g/mol. The zero-order valence-electron chi connectivity index (χ0n) is 16.5. The second-order valence-electron chi connectivity index (χ2n) is 7.63. The van der Waals surface area contributed by atoms with E-state index >= 15 is 0 Å². The second-order valence-corrected chi connectivity index (χ2v) is 8.50. The van der Waals surface area contributed by atoms with Crippen molar-refractivity contribution in [2.45, 2.75) is 12.1 Å². The minimum Gasteiger partial charge on any atom is -0.480 e. The number of hydrogen-bond acceptors (Lipinski definition) is 4. The highest BCUT2D eigenvalue weighted by Crippen LogP contribution is 2.51. The third-order valence-electron chi connectivity index (χ3n) is 5.73. The Morgan fingerprint density at radius 1 is 0.906 bits per heavy atom. The van der Waals surface area contributed by atoms with Gasteiger partial charge in [-0.2, -0.15) is 10.1 Å². The minimum absolute atomic E-state index is 0.304. The minimum atomic E-state index is -0.434. The number of halogens is 3. The number of fused-ring (bicyclic) bond motifs is 3. The van der Waals surface area contributed by atoms with E-state index in [0.717, 1.165) is 28.0 Å². The van der Waals surface area contributed by atoms with Gasteiger partial charge in [-0.15, -0.1) is 0 Å². The Morgan fingerprint density at radius 2 is 1.62 bits per heavy atom. The first kappa shape index (κ1) is 19.3. The van der Waals surface area contributed by atoms with Crippen LogP contribution in [0.2, 0.25) is 10.0 Å². The van der Waals surface area contributed by atoms with Crippen LogP contribution < -0.4 is 10.1 Å². The molecule has 4 aromatic rings. The van der Waals surface area contributed by atoms with Crippen molar-refractivity contribution in [2.24, 2.45) is 0 Å². The molecule has 0 spiro atoms. The number of anilines is 1. The van der Waals surface area contributed by atoms with Gasteiger partial charge in [-0.1, -0.05) is 47.5 Å². The molecule has 5 nitrogen and oxygen atoms in total. The first-order valence-electron chi connectivity index (χ1n) is 9.96. The van der Waals surface area contributed by atoms with E-state index in [1.54, 1.807) is 22.9 Å². The highest BCUT2D eigenvalue weighted by Gasteiger charge is 2.41. The zero-order chi connectivity index (χ0) is 21.8. The van der Waals surface area contributed by atoms with Gasteiger partial charge in [0.1, 0.15) is 30.0 Å². The smallest absolute Gasteiger partial charge is 0.226 e. The van der Waals surface area contributed by atoms with Crippen LogP contribution in [0, 0.1) is 5.82 Å². The Balaban J connectivity index is 1.63. The van der Waals surface area contributed by atoms with E-state index in [9.17, 15) is 4.39 Å². The van der Waals surface area contributed by atoms with E-state index in [2.05, 4.69) is 15.4 Å². The van der Waals surface area contributed by atoms with Gasteiger partial charge in [0.05, 0.1) is 5.70 Å². The van der Waals surface area contributed by atoms with Gasteiger partial charge in [0.15, 0.2) is 0 Å². The molecule has 0 amide bonds. The molecule has 3 aromatic carbocycles. The molecular formula is C24H15Cl2FN4O. The van der Waals surface area contributed by atoms with E-state index in [1.165, 1.54) is 18.5 Å². The Morgan fingerprint density at radius 3 is 2.41 bits per heavy atom. The number of ether oxygens (including phenoxy) is 1. The van der Waals surface area contributed by atoms with Crippen LogP contribution >= 0.6 is 23.2 Å². The summed E-state index contributed by atoms with van der Waals surface area (Å²) in [5, 5.41) is 9.10. The summed E-state index contributed by atoms with van der Waals surface area (Å²) in [5.41, 5.74) is 4.40. The zero-order valence-corrected chi connectivity index (χ0v) is 18.0. The summed E-state index contributed by atoms with van der Waals surface area (Å²) in [4.78, 5) is 4.39. The van der Waals surface area contributed by atoms with Gasteiger partial charge >= 0.3 is 0 Å². The predicted octanol–water partition coefficient (Wildman–Crippen LogP) is 6.28. The van der Waals surface area contributed by atoms with Crippen molar-refractivity contribution in [1.29, 1.82) is 0 Å². The molecule has 2 aliphatic rings. The summed E-state index contributed by atoms with van der Waals surface area (Å²) < 4.78 is 22.0. The lowest BCUT2D eigenvalue weighted by Crippen LogP contribution is -2.32. The Bertz CT molecular complexity index is 1370. The van der Waals surface area contributed by atoms with Gasteiger partial charge in [0.2, 0.25) is 5.95 Å². The number of hydrogen-bond donors (Lipinski definition) is 1. The molecule has 0 fully saturated rings. The molecule has 0 bridgehead atoms. The van der Waals surface area contributed by atoms with E-state index < -0.39 is 6.10 Å². The molecule has 1 N–H and O–H groups in total. The molecule has 0 saturated carbocycles. The molecule has 158 valence electrons. The second kappa shape index (κ2) is 7.36. The van der Waals surface area contributed by atoms with Gasteiger partial charge in [-0.3, -0.25) is 0 Å². The molecule has 3 heterocycles. The SMILES string of the molecule is Fc1ccc([C@H]2C3=C(Nc4ncnn42)c2cc(Cl)ccc2O[C@H]3c2ccc(Cl)cc2)cc1. The molecule has 1 aromatic heterocycles. The number of nitrogens with one attached hydrogen (secondary N) is 1. The summed E-state index contributed by atoms with van der Waals surface area (Å²) in [7, 11) is 0. The number of aromatic nitrogens is 3. The van der Waals surface area contributed by atoms with Gasteiger partial charge < -0.3 is 10.1 Å². The third-order valence-corrected chi connectivity index (χ3v) is 6.22. The lowest BCUT2D eigenvalue weighted by atomic mass is 9.84. The Labute approximate surface area is 193 Å². The summed E-state index contributed by atoms with van der Waals surface area (Å²) in [6.07, 6.45) is 1.06. The van der Waals surface area contributed by atoms with Crippen LogP contribution in [0.25, 0.3) is 5.70 Å². The van der Waals surface area contributed by atoms with Crippen molar-refractivity contribution in [2.75, 3.05) is 5.32 Å². The maximum atomic E-state index is 13.7. The van der Waals surface area contributed by atoms with E-state index in [-0.39, 0.29) is 11.9 Å². The fourth-order valence-electron chi connectivity index (χ4n) is 4.32. The topological polar surface area (TPSA) is 52.0 Å². The lowest BCUT2D eigenvalue weighted by molar-refractivity contribution is 0.223. The normalized spacial score (nSPS) is 18.8. The molecule has 32 heavy (non-hydrogen) atoms. The standard InChI is InChI=1S/C24H15Cl2FN4O/c25-15-5-1-14(2-6-15)23-20-21(18-11-16(26)7-10-19(18)32-23)30-24-28-12-29-31(24)22(20)13-3-8-17(27)9-4-13/h1-12,22-23H,(H,28,29,30)/t22-,23-/m0/s1. The predicted molar refractivity (Wildman–Crippen MR) is 121 cm³/mol. The number of rotatable bonds is 2. The van der Waals surface area contributed by atoms with Crippen molar-refractivity contribution >= 4 is 34.8 Å². The average Bonchev–Trinajstić information content (AvgIpc) is 3.27. The molecule has 0 saturated heterocycles. The summed E-state index contributed by atoms with van der Waals surface area (Å²) in [6, 6.07) is 19.1. The van der Waals surface area contributed by atoms with Crippen molar-refractivity contribution in [1.82, 2.24) is 14.8 Å². The Hall–Kier alpha value is -3.35. The summed E-state index contributed by atoms with van der Waals surface area (Å²) in [6.45, 7) is 0. The van der Waals surface area contributed by atoms with E-state index in [1.807, 2.05) is 36.4 Å². The van der Waals surface area contributed by atoms with Crippen molar-refractivity contribution in [3.63, 3.8) is 0 Å². The highest BCUT2D eigenvalue weighted by atomic mass is 35.5. The maximum absolute atomic E-state index is 13.7. The molecule has 0 radical (unpaired) electrons. The first-order valence-corrected chi connectivity index (χ1v) is 10.7. The van der Waals surface area contributed by atoms with Crippen LogP contribution in [0.1, 0.15) is 28.8 Å². The van der Waals surface area contributed by atoms with E-state index in [4.69, 9.17) is 27.9 Å². The van der Waals surface area contributed by atoms with Gasteiger partial charge in [-0.25, -0.2) is 9.07 Å². The first-order chi connectivity index (χ1) is 15.6. The number of nitrogens with zero attached hydrogens (tertiary/aromatic N) is 3. The van der Waals surface area contributed by atoms with Crippen molar-refractivity contribution in [3.05, 3.63) is 111 Å². The molecule has 2 atom stereocenters. The van der Waals surface area contributed by atoms with Crippen LogP contribution in [0.5, 0.6) is 5.75 Å². The molecule has 8 heteroatoms. The molecule has 0 unspecified atom stereocenters. The Kier molecular flexibility index (Phi) is 4.45. The molecular weight excluding hydrogens is 450 g/mol. The van der Waals surface area contributed by atoms with Gasteiger partial charge in [-0.05, 0) is 53.6 Å². The van der Waals surface area contributed by atoms with Gasteiger partial charge in [0.25, 0.3) is 0 Å². The van der Waals surface area contributed by atoms with E-state index in [0.29, 0.717) is 21.7 Å². The fourth-order valence-corrected chi connectivity index (χ4v) is 4.62.